The first kappa shape index (κ1) is 13.8. The van der Waals surface area contributed by atoms with Crippen LogP contribution in [0.3, 0.4) is 0 Å². The summed E-state index contributed by atoms with van der Waals surface area (Å²) < 4.78 is 6.09. The van der Waals surface area contributed by atoms with Gasteiger partial charge < -0.3 is 14.9 Å². The highest BCUT2D eigenvalue weighted by atomic mass is 16.5. The van der Waals surface area contributed by atoms with Crippen LogP contribution in [0.1, 0.15) is 40.5 Å². The number of aliphatic hydroxyl groups excluding tert-OH is 1. The van der Waals surface area contributed by atoms with Crippen molar-refractivity contribution < 1.29 is 14.9 Å². The first-order valence-electron chi connectivity index (χ1n) is 6.61. The molecule has 3 heteroatoms. The molecule has 2 fully saturated rings. The maximum absolute atomic E-state index is 10.7. The Bertz CT molecular complexity index is 373. The number of rotatable bonds is 3. The maximum atomic E-state index is 10.7. The summed E-state index contributed by atoms with van der Waals surface area (Å²) in [5.74, 6) is 0. The van der Waals surface area contributed by atoms with Crippen LogP contribution in [0.25, 0.3) is 0 Å². The number of hydrogen-bond donors (Lipinski definition) is 2. The van der Waals surface area contributed by atoms with Gasteiger partial charge in [0.2, 0.25) is 0 Å². The van der Waals surface area contributed by atoms with Crippen molar-refractivity contribution in [1.82, 2.24) is 0 Å². The van der Waals surface area contributed by atoms with Crippen LogP contribution in [-0.4, -0.2) is 34.1 Å². The van der Waals surface area contributed by atoms with Crippen LogP contribution in [0.2, 0.25) is 0 Å². The Kier molecular flexibility index (Phi) is 3.21. The molecule has 2 rings (SSSR count). The zero-order chi connectivity index (χ0) is 13.6. The molecule has 0 saturated carbocycles. The molecule has 2 aliphatic rings. The molecule has 0 aliphatic carbocycles. The summed E-state index contributed by atoms with van der Waals surface area (Å²) in [6, 6.07) is 0. The average molecular weight is 252 g/mol. The van der Waals surface area contributed by atoms with E-state index in [0.717, 1.165) is 12.0 Å². The van der Waals surface area contributed by atoms with Gasteiger partial charge in [-0.15, -0.1) is 0 Å². The van der Waals surface area contributed by atoms with E-state index in [1.54, 1.807) is 6.08 Å². The maximum Gasteiger partial charge on any atom is 0.120 e. The molecular formula is C15H24O3. The lowest BCUT2D eigenvalue weighted by atomic mass is 9.61. The molecule has 0 aromatic carbocycles. The molecule has 2 heterocycles. The first-order chi connectivity index (χ1) is 8.24. The normalized spacial score (nSPS) is 43.0. The fourth-order valence-corrected chi connectivity index (χ4v) is 3.65. The predicted octanol–water partition coefficient (Wildman–Crippen LogP) is 2.19. The molecule has 2 bridgehead atoms. The van der Waals surface area contributed by atoms with Crippen molar-refractivity contribution in [2.75, 3.05) is 6.61 Å². The average Bonchev–Trinajstić information content (AvgIpc) is 2.60. The van der Waals surface area contributed by atoms with Gasteiger partial charge in [-0.2, -0.15) is 0 Å². The number of hydrogen-bond acceptors (Lipinski definition) is 3. The van der Waals surface area contributed by atoms with Gasteiger partial charge in [0.1, 0.15) is 5.60 Å². The summed E-state index contributed by atoms with van der Waals surface area (Å²) in [4.78, 5) is 0. The Morgan fingerprint density at radius 3 is 2.50 bits per heavy atom. The quantitative estimate of drug-likeness (QED) is 0.757. The summed E-state index contributed by atoms with van der Waals surface area (Å²) in [7, 11) is 0. The Labute approximate surface area is 109 Å². The molecule has 0 amide bonds. The summed E-state index contributed by atoms with van der Waals surface area (Å²) in [5, 5.41) is 19.5. The van der Waals surface area contributed by atoms with E-state index in [0.29, 0.717) is 6.42 Å². The molecule has 0 radical (unpaired) electrons. The van der Waals surface area contributed by atoms with Crippen molar-refractivity contribution >= 4 is 0 Å². The summed E-state index contributed by atoms with van der Waals surface area (Å²) >= 11 is 0. The second-order valence-electron chi connectivity index (χ2n) is 6.51. The topological polar surface area (TPSA) is 49.7 Å². The highest BCUT2D eigenvalue weighted by Crippen LogP contribution is 2.60. The highest BCUT2D eigenvalue weighted by Gasteiger charge is 2.67. The molecule has 102 valence electrons. The number of fused-ring (bicyclic) bond motifs is 2. The van der Waals surface area contributed by atoms with Gasteiger partial charge in [-0.25, -0.2) is 0 Å². The van der Waals surface area contributed by atoms with E-state index in [4.69, 9.17) is 9.84 Å². The molecule has 0 aromatic heterocycles. The third-order valence-electron chi connectivity index (χ3n) is 4.52. The standard InChI is InChI=1S/C15H24O3/c1-11(6-8-16)5-7-15-13(2,3)9-12(18-15)10-14(15,4)17/h5-7,12,16-17H,8-10H2,1-4H3/b7-5+,11-6+/t12-,14+,15+/m0/s1. The van der Waals surface area contributed by atoms with Gasteiger partial charge in [-0.05, 0) is 26.3 Å². The van der Waals surface area contributed by atoms with Crippen LogP contribution >= 0.6 is 0 Å². The Balaban J connectivity index is 2.35. The van der Waals surface area contributed by atoms with E-state index >= 15 is 0 Å². The highest BCUT2D eigenvalue weighted by molar-refractivity contribution is 5.30. The van der Waals surface area contributed by atoms with Crippen molar-refractivity contribution in [3.8, 4) is 0 Å². The zero-order valence-electron chi connectivity index (χ0n) is 11.7. The Hall–Kier alpha value is -0.640. The van der Waals surface area contributed by atoms with Gasteiger partial charge in [-0.1, -0.05) is 31.6 Å². The zero-order valence-corrected chi connectivity index (χ0v) is 11.7. The van der Waals surface area contributed by atoms with E-state index in [2.05, 4.69) is 13.8 Å². The molecule has 18 heavy (non-hydrogen) atoms. The summed E-state index contributed by atoms with van der Waals surface area (Å²) in [6.45, 7) is 8.13. The molecular weight excluding hydrogens is 228 g/mol. The van der Waals surface area contributed by atoms with E-state index < -0.39 is 11.2 Å². The van der Waals surface area contributed by atoms with Crippen LogP contribution in [0.4, 0.5) is 0 Å². The lowest BCUT2D eigenvalue weighted by Crippen LogP contribution is -2.56. The van der Waals surface area contributed by atoms with Gasteiger partial charge in [-0.3, -0.25) is 0 Å². The van der Waals surface area contributed by atoms with E-state index in [1.807, 2.05) is 26.0 Å². The van der Waals surface area contributed by atoms with Gasteiger partial charge in [0.05, 0.1) is 18.3 Å². The van der Waals surface area contributed by atoms with Gasteiger partial charge in [0.15, 0.2) is 0 Å². The number of allylic oxidation sites excluding steroid dienone is 2. The minimum Gasteiger partial charge on any atom is -0.392 e. The molecule has 0 spiro atoms. The monoisotopic (exact) mass is 252 g/mol. The minimum absolute atomic E-state index is 0.0342. The second kappa shape index (κ2) is 4.19. The Morgan fingerprint density at radius 1 is 1.33 bits per heavy atom. The summed E-state index contributed by atoms with van der Waals surface area (Å²) in [5.41, 5.74) is -0.530. The fraction of sp³-hybridized carbons (Fsp3) is 0.733. The lowest BCUT2D eigenvalue weighted by Gasteiger charge is -2.46. The SMILES string of the molecule is CC(/C=C/[C@@]12O[C@@H](CC1(C)C)C[C@@]2(C)O)=C\CO. The van der Waals surface area contributed by atoms with Crippen molar-refractivity contribution in [1.29, 1.82) is 0 Å². The predicted molar refractivity (Wildman–Crippen MR) is 71.2 cm³/mol. The molecule has 0 aromatic rings. The molecule has 2 aliphatic heterocycles. The van der Waals surface area contributed by atoms with E-state index in [-0.39, 0.29) is 18.1 Å². The van der Waals surface area contributed by atoms with Gasteiger partial charge in [0, 0.05) is 11.8 Å². The molecule has 2 N–H and O–H groups in total. The molecule has 2 saturated heterocycles. The minimum atomic E-state index is -0.824. The van der Waals surface area contributed by atoms with Crippen LogP contribution in [0.5, 0.6) is 0 Å². The van der Waals surface area contributed by atoms with Crippen molar-refractivity contribution in [3.05, 3.63) is 23.8 Å². The Morgan fingerprint density at radius 2 is 2.00 bits per heavy atom. The van der Waals surface area contributed by atoms with Crippen LogP contribution < -0.4 is 0 Å². The first-order valence-corrected chi connectivity index (χ1v) is 6.61. The fourth-order valence-electron chi connectivity index (χ4n) is 3.65. The van der Waals surface area contributed by atoms with Gasteiger partial charge >= 0.3 is 0 Å². The third-order valence-corrected chi connectivity index (χ3v) is 4.52. The third kappa shape index (κ3) is 1.85. The molecule has 3 nitrogen and oxygen atoms in total. The van der Waals surface area contributed by atoms with Crippen LogP contribution in [0.15, 0.2) is 23.8 Å². The van der Waals surface area contributed by atoms with Crippen molar-refractivity contribution in [2.24, 2.45) is 5.41 Å². The number of ether oxygens (including phenoxy) is 1. The molecule has 0 unspecified atom stereocenters. The number of aliphatic hydroxyl groups is 2. The molecule has 3 atom stereocenters. The van der Waals surface area contributed by atoms with Crippen molar-refractivity contribution in [3.63, 3.8) is 0 Å². The van der Waals surface area contributed by atoms with Crippen LogP contribution in [-0.2, 0) is 4.74 Å². The van der Waals surface area contributed by atoms with Crippen molar-refractivity contribution in [2.45, 2.75) is 57.8 Å². The van der Waals surface area contributed by atoms with E-state index in [9.17, 15) is 5.11 Å². The van der Waals surface area contributed by atoms with E-state index in [1.165, 1.54) is 0 Å². The lowest BCUT2D eigenvalue weighted by molar-refractivity contribution is -0.115. The largest absolute Gasteiger partial charge is 0.392 e. The second-order valence-corrected chi connectivity index (χ2v) is 6.51. The smallest absolute Gasteiger partial charge is 0.120 e. The summed E-state index contributed by atoms with van der Waals surface area (Å²) in [6.07, 6.45) is 7.51. The van der Waals surface area contributed by atoms with Gasteiger partial charge in [0.25, 0.3) is 0 Å². The van der Waals surface area contributed by atoms with Crippen LogP contribution in [0, 0.1) is 5.41 Å².